The van der Waals surface area contributed by atoms with Gasteiger partial charge in [0.15, 0.2) is 5.11 Å². The molecule has 2 aliphatic rings. The third-order valence-electron chi connectivity index (χ3n) is 5.88. The largest absolute Gasteiger partial charge is 0.351 e. The van der Waals surface area contributed by atoms with Crippen LogP contribution in [0.2, 0.25) is 0 Å². The lowest BCUT2D eigenvalue weighted by molar-refractivity contribution is -0.140. The molecule has 0 aliphatic carbocycles. The van der Waals surface area contributed by atoms with E-state index in [-0.39, 0.29) is 18.4 Å². The molecule has 0 saturated carbocycles. The smallest absolute Gasteiger partial charge is 0.245 e. The fraction of sp³-hybridized carbons (Fsp3) is 0.435. The highest BCUT2D eigenvalue weighted by atomic mass is 32.1. The molecule has 2 aromatic carbocycles. The number of nitrogens with zero attached hydrogens (tertiary/aromatic N) is 2. The van der Waals surface area contributed by atoms with Crippen molar-refractivity contribution in [1.82, 2.24) is 15.1 Å². The number of carbonyl (C=O) groups is 2. The van der Waals surface area contributed by atoms with E-state index >= 15 is 0 Å². The number of thiocarbonyl (C=S) groups is 1. The zero-order chi connectivity index (χ0) is 20.9. The minimum atomic E-state index is -0.403. The van der Waals surface area contributed by atoms with Gasteiger partial charge in [0.1, 0.15) is 6.04 Å². The average molecular weight is 425 g/mol. The Balaban J connectivity index is 1.37. The third kappa shape index (κ3) is 4.90. The number of amides is 2. The summed E-state index contributed by atoms with van der Waals surface area (Å²) in [7, 11) is 0. The maximum atomic E-state index is 13.1. The standard InChI is InChI=1S/C23H28N4O2S/c28-21(26-12-5-6-13-26)16-27-14-4-3-9-20(22(27)29)25-23(30)24-19-11-10-17-7-1-2-8-18(17)15-19/h1-2,7-8,10-11,15,20H,3-6,9,12-14,16H2,(H2,24,25,30)/t20-/m0/s1. The summed E-state index contributed by atoms with van der Waals surface area (Å²) in [5.74, 6) is 0.0149. The Morgan fingerprint density at radius 2 is 1.73 bits per heavy atom. The first-order valence-corrected chi connectivity index (χ1v) is 11.1. The molecule has 2 amide bonds. The van der Waals surface area contributed by atoms with Crippen molar-refractivity contribution in [1.29, 1.82) is 0 Å². The molecule has 0 spiro atoms. The monoisotopic (exact) mass is 424 g/mol. The molecule has 2 heterocycles. The second-order valence-corrected chi connectivity index (χ2v) is 8.46. The van der Waals surface area contributed by atoms with E-state index in [4.69, 9.17) is 12.2 Å². The van der Waals surface area contributed by atoms with E-state index in [1.54, 1.807) is 4.90 Å². The quantitative estimate of drug-likeness (QED) is 0.739. The van der Waals surface area contributed by atoms with E-state index in [2.05, 4.69) is 22.8 Å². The lowest BCUT2D eigenvalue weighted by Gasteiger charge is -2.27. The van der Waals surface area contributed by atoms with Gasteiger partial charge in [-0.2, -0.15) is 0 Å². The first-order valence-electron chi connectivity index (χ1n) is 10.7. The number of hydrogen-bond donors (Lipinski definition) is 2. The second kappa shape index (κ2) is 9.43. The molecule has 6 nitrogen and oxygen atoms in total. The first-order chi connectivity index (χ1) is 14.6. The molecule has 1 atom stereocenters. The molecular formula is C23H28N4O2S. The van der Waals surface area contributed by atoms with Gasteiger partial charge in [0, 0.05) is 25.3 Å². The summed E-state index contributed by atoms with van der Waals surface area (Å²) >= 11 is 5.48. The lowest BCUT2D eigenvalue weighted by Crippen LogP contribution is -2.51. The molecule has 2 saturated heterocycles. The van der Waals surface area contributed by atoms with Crippen molar-refractivity contribution in [2.75, 3.05) is 31.5 Å². The molecule has 2 aliphatic heterocycles. The predicted octanol–water partition coefficient (Wildman–Crippen LogP) is 3.13. The minimum absolute atomic E-state index is 0.0392. The highest BCUT2D eigenvalue weighted by Gasteiger charge is 2.30. The van der Waals surface area contributed by atoms with Crippen LogP contribution in [0.1, 0.15) is 32.1 Å². The molecule has 2 N–H and O–H groups in total. The Kier molecular flexibility index (Phi) is 6.47. The number of hydrogen-bond acceptors (Lipinski definition) is 3. The van der Waals surface area contributed by atoms with Crippen LogP contribution in [0.25, 0.3) is 10.8 Å². The summed E-state index contributed by atoms with van der Waals surface area (Å²) in [5, 5.41) is 9.10. The highest BCUT2D eigenvalue weighted by molar-refractivity contribution is 7.80. The van der Waals surface area contributed by atoms with Crippen molar-refractivity contribution in [3.63, 3.8) is 0 Å². The van der Waals surface area contributed by atoms with E-state index in [0.29, 0.717) is 18.1 Å². The summed E-state index contributed by atoms with van der Waals surface area (Å²) in [6, 6.07) is 13.8. The molecule has 2 aromatic rings. The Hall–Kier alpha value is -2.67. The number of carbonyl (C=O) groups excluding carboxylic acids is 2. The molecule has 7 heteroatoms. The van der Waals surface area contributed by atoms with E-state index in [9.17, 15) is 9.59 Å². The van der Waals surface area contributed by atoms with Gasteiger partial charge in [-0.3, -0.25) is 9.59 Å². The molecule has 0 radical (unpaired) electrons. The second-order valence-electron chi connectivity index (χ2n) is 8.06. The topological polar surface area (TPSA) is 64.7 Å². The van der Waals surface area contributed by atoms with Crippen LogP contribution in [0, 0.1) is 0 Å². The summed E-state index contributed by atoms with van der Waals surface area (Å²) in [5.41, 5.74) is 0.883. The molecule has 4 rings (SSSR count). The maximum Gasteiger partial charge on any atom is 0.245 e. The van der Waals surface area contributed by atoms with Crippen molar-refractivity contribution in [3.05, 3.63) is 42.5 Å². The van der Waals surface area contributed by atoms with Crippen LogP contribution in [-0.4, -0.2) is 58.9 Å². The van der Waals surface area contributed by atoms with Crippen LogP contribution in [0.15, 0.2) is 42.5 Å². The van der Waals surface area contributed by atoms with Gasteiger partial charge in [0.25, 0.3) is 0 Å². The average Bonchev–Trinajstić information content (AvgIpc) is 3.24. The fourth-order valence-corrected chi connectivity index (χ4v) is 4.48. The predicted molar refractivity (Wildman–Crippen MR) is 123 cm³/mol. The van der Waals surface area contributed by atoms with Gasteiger partial charge < -0.3 is 20.4 Å². The van der Waals surface area contributed by atoms with Gasteiger partial charge in [0.05, 0.1) is 6.54 Å². The number of anilines is 1. The van der Waals surface area contributed by atoms with Gasteiger partial charge in [-0.05, 0) is 67.2 Å². The molecular weight excluding hydrogens is 396 g/mol. The number of fused-ring (bicyclic) bond motifs is 1. The van der Waals surface area contributed by atoms with E-state index in [1.165, 1.54) is 5.39 Å². The fourth-order valence-electron chi connectivity index (χ4n) is 4.22. The number of rotatable bonds is 4. The Bertz CT molecular complexity index is 942. The van der Waals surface area contributed by atoms with Crippen molar-refractivity contribution < 1.29 is 9.59 Å². The van der Waals surface area contributed by atoms with Crippen molar-refractivity contribution >= 4 is 45.6 Å². The number of benzene rings is 2. The van der Waals surface area contributed by atoms with Crippen molar-refractivity contribution in [2.45, 2.75) is 38.1 Å². The van der Waals surface area contributed by atoms with Crippen molar-refractivity contribution in [2.24, 2.45) is 0 Å². The van der Waals surface area contributed by atoms with E-state index in [0.717, 1.165) is 49.8 Å². The lowest BCUT2D eigenvalue weighted by atomic mass is 10.1. The van der Waals surface area contributed by atoms with Crippen molar-refractivity contribution in [3.8, 4) is 0 Å². The van der Waals surface area contributed by atoms with Crippen LogP contribution < -0.4 is 10.6 Å². The van der Waals surface area contributed by atoms with E-state index < -0.39 is 6.04 Å². The van der Waals surface area contributed by atoms with E-state index in [1.807, 2.05) is 35.2 Å². The molecule has 0 bridgehead atoms. The normalized spacial score (nSPS) is 19.6. The summed E-state index contributed by atoms with van der Waals surface area (Å²) in [6.45, 7) is 2.41. The van der Waals surface area contributed by atoms with Crippen LogP contribution in [-0.2, 0) is 9.59 Å². The first kappa shape index (κ1) is 20.6. The third-order valence-corrected chi connectivity index (χ3v) is 6.10. The SMILES string of the molecule is O=C(CN1CCCC[C@H](NC(=S)Nc2ccc3ccccc3c2)C1=O)N1CCCC1. The van der Waals surface area contributed by atoms with Gasteiger partial charge in [0.2, 0.25) is 11.8 Å². The summed E-state index contributed by atoms with van der Waals surface area (Å²) < 4.78 is 0. The summed E-state index contributed by atoms with van der Waals surface area (Å²) in [6.07, 6.45) is 4.66. The number of nitrogens with one attached hydrogen (secondary N) is 2. The van der Waals surface area contributed by atoms with Crippen LogP contribution in [0.4, 0.5) is 5.69 Å². The number of likely N-dealkylation sites (tertiary alicyclic amines) is 2. The van der Waals surface area contributed by atoms with Crippen LogP contribution in [0.5, 0.6) is 0 Å². The summed E-state index contributed by atoms with van der Waals surface area (Å²) in [4.78, 5) is 29.2. The van der Waals surface area contributed by atoms with Gasteiger partial charge in [-0.1, -0.05) is 30.3 Å². The Morgan fingerprint density at radius 1 is 1.00 bits per heavy atom. The highest BCUT2D eigenvalue weighted by Crippen LogP contribution is 2.19. The minimum Gasteiger partial charge on any atom is -0.351 e. The Labute approximate surface area is 182 Å². The molecule has 30 heavy (non-hydrogen) atoms. The van der Waals surface area contributed by atoms with Gasteiger partial charge in [-0.25, -0.2) is 0 Å². The zero-order valence-electron chi connectivity index (χ0n) is 17.1. The molecule has 0 aromatic heterocycles. The zero-order valence-corrected chi connectivity index (χ0v) is 17.9. The molecule has 2 fully saturated rings. The van der Waals surface area contributed by atoms with Gasteiger partial charge >= 0.3 is 0 Å². The van der Waals surface area contributed by atoms with Gasteiger partial charge in [-0.15, -0.1) is 0 Å². The maximum absolute atomic E-state index is 13.1. The van der Waals surface area contributed by atoms with Crippen LogP contribution in [0.3, 0.4) is 0 Å². The van der Waals surface area contributed by atoms with Crippen LogP contribution >= 0.6 is 12.2 Å². The molecule has 158 valence electrons. The Morgan fingerprint density at radius 3 is 2.53 bits per heavy atom. The molecule has 0 unspecified atom stereocenters.